The monoisotopic (exact) mass is 156 g/mol. The topological polar surface area (TPSA) is 26.3 Å². The summed E-state index contributed by atoms with van der Waals surface area (Å²) in [6, 6.07) is 0. The molecular weight excluding hydrogens is 140 g/mol. The summed E-state index contributed by atoms with van der Waals surface area (Å²) in [5.74, 6) is 0.258. The summed E-state index contributed by atoms with van der Waals surface area (Å²) in [6.07, 6.45) is 4.31. The summed E-state index contributed by atoms with van der Waals surface area (Å²) >= 11 is 0. The van der Waals surface area contributed by atoms with Crippen molar-refractivity contribution in [3.05, 3.63) is 12.7 Å². The van der Waals surface area contributed by atoms with Crippen LogP contribution in [-0.4, -0.2) is 19.0 Å². The summed E-state index contributed by atoms with van der Waals surface area (Å²) in [5.41, 5.74) is 0. The molecule has 0 unspecified atom stereocenters. The number of Topliss-reactive ketones (excluding diaryl/α,β-unsaturated/α-hetero) is 1. The van der Waals surface area contributed by atoms with Gasteiger partial charge < -0.3 is 9.53 Å². The first-order valence-electron chi connectivity index (χ1n) is 3.95. The fraction of sp³-hybridized carbons (Fsp3) is 0.667. The normalized spacial score (nSPS) is 9.55. The van der Waals surface area contributed by atoms with Crippen LogP contribution < -0.4 is 0 Å². The van der Waals surface area contributed by atoms with Crippen molar-refractivity contribution < 1.29 is 9.53 Å². The van der Waals surface area contributed by atoms with E-state index in [1.165, 1.54) is 0 Å². The van der Waals surface area contributed by atoms with E-state index in [2.05, 4.69) is 6.58 Å². The lowest BCUT2D eigenvalue weighted by molar-refractivity contribution is -0.117. The Balaban J connectivity index is 2.90. The zero-order valence-corrected chi connectivity index (χ0v) is 7.14. The van der Waals surface area contributed by atoms with Gasteiger partial charge in [-0.25, -0.2) is 0 Å². The lowest BCUT2D eigenvalue weighted by atomic mass is 10.2. The third kappa shape index (κ3) is 9.37. The second-order valence-corrected chi connectivity index (χ2v) is 2.52. The van der Waals surface area contributed by atoms with E-state index < -0.39 is 0 Å². The Morgan fingerprint density at radius 1 is 1.55 bits per heavy atom. The Morgan fingerprint density at radius 2 is 2.27 bits per heavy atom. The average molecular weight is 156 g/mol. The highest BCUT2D eigenvalue weighted by molar-refractivity contribution is 5.75. The van der Waals surface area contributed by atoms with Crippen molar-refractivity contribution in [2.75, 3.05) is 13.2 Å². The van der Waals surface area contributed by atoms with Gasteiger partial charge in [-0.05, 0) is 19.8 Å². The molecule has 2 heteroatoms. The van der Waals surface area contributed by atoms with Gasteiger partial charge in [0.2, 0.25) is 0 Å². The maximum Gasteiger partial charge on any atom is 0.129 e. The minimum atomic E-state index is 0.258. The summed E-state index contributed by atoms with van der Waals surface area (Å²) in [6.45, 7) is 6.49. The first-order chi connectivity index (χ1) is 5.27. The van der Waals surface area contributed by atoms with E-state index >= 15 is 0 Å². The molecule has 0 aromatic rings. The van der Waals surface area contributed by atoms with Crippen LogP contribution in [0.2, 0.25) is 0 Å². The fourth-order valence-electron chi connectivity index (χ4n) is 0.745. The van der Waals surface area contributed by atoms with Gasteiger partial charge in [0.25, 0.3) is 0 Å². The van der Waals surface area contributed by atoms with Crippen LogP contribution in [0.25, 0.3) is 0 Å². The van der Waals surface area contributed by atoms with Crippen molar-refractivity contribution >= 4 is 5.78 Å². The second-order valence-electron chi connectivity index (χ2n) is 2.52. The average Bonchev–Trinajstić information content (AvgIpc) is 1.96. The summed E-state index contributed by atoms with van der Waals surface area (Å²) < 4.78 is 5.14. The Kier molecular flexibility index (Phi) is 7.05. The van der Waals surface area contributed by atoms with Gasteiger partial charge in [0.05, 0.1) is 6.61 Å². The highest BCUT2D eigenvalue weighted by Crippen LogP contribution is 1.96. The SMILES string of the molecule is C=CCOCCCCC(C)=O. The molecule has 0 aromatic carbocycles. The summed E-state index contributed by atoms with van der Waals surface area (Å²) in [7, 11) is 0. The molecule has 2 nitrogen and oxygen atoms in total. The highest BCUT2D eigenvalue weighted by atomic mass is 16.5. The lowest BCUT2D eigenvalue weighted by Crippen LogP contribution is -1.96. The van der Waals surface area contributed by atoms with Crippen molar-refractivity contribution in [3.63, 3.8) is 0 Å². The second kappa shape index (κ2) is 7.48. The van der Waals surface area contributed by atoms with Crippen molar-refractivity contribution in [1.29, 1.82) is 0 Å². The van der Waals surface area contributed by atoms with Crippen LogP contribution in [0.1, 0.15) is 26.2 Å². The molecule has 0 saturated carbocycles. The van der Waals surface area contributed by atoms with Gasteiger partial charge in [-0.15, -0.1) is 6.58 Å². The quantitative estimate of drug-likeness (QED) is 0.416. The Labute approximate surface area is 68.2 Å². The van der Waals surface area contributed by atoms with Crippen molar-refractivity contribution in [2.24, 2.45) is 0 Å². The van der Waals surface area contributed by atoms with E-state index in [1.807, 2.05) is 0 Å². The van der Waals surface area contributed by atoms with Crippen molar-refractivity contribution in [1.82, 2.24) is 0 Å². The van der Waals surface area contributed by atoms with Gasteiger partial charge in [0.1, 0.15) is 5.78 Å². The van der Waals surface area contributed by atoms with E-state index in [4.69, 9.17) is 4.74 Å². The Bertz CT molecular complexity index is 119. The minimum absolute atomic E-state index is 0.258. The largest absolute Gasteiger partial charge is 0.377 e. The zero-order chi connectivity index (χ0) is 8.53. The minimum Gasteiger partial charge on any atom is -0.377 e. The Hall–Kier alpha value is -0.630. The van der Waals surface area contributed by atoms with Crippen LogP contribution in [0.4, 0.5) is 0 Å². The molecule has 0 aromatic heterocycles. The molecule has 0 aliphatic heterocycles. The summed E-state index contributed by atoms with van der Waals surface area (Å²) in [5, 5.41) is 0. The molecule has 0 bridgehead atoms. The number of ketones is 1. The van der Waals surface area contributed by atoms with E-state index in [-0.39, 0.29) is 5.78 Å². The Morgan fingerprint density at radius 3 is 2.82 bits per heavy atom. The molecule has 0 aliphatic carbocycles. The molecule has 64 valence electrons. The van der Waals surface area contributed by atoms with E-state index in [9.17, 15) is 4.79 Å². The van der Waals surface area contributed by atoms with E-state index in [1.54, 1.807) is 13.0 Å². The van der Waals surface area contributed by atoms with Crippen LogP contribution in [0.5, 0.6) is 0 Å². The third-order valence-electron chi connectivity index (χ3n) is 1.30. The molecule has 0 heterocycles. The van der Waals surface area contributed by atoms with Crippen LogP contribution in [0.3, 0.4) is 0 Å². The van der Waals surface area contributed by atoms with E-state index in [0.717, 1.165) is 19.4 Å². The van der Waals surface area contributed by atoms with Crippen LogP contribution in [0, 0.1) is 0 Å². The smallest absolute Gasteiger partial charge is 0.129 e. The number of unbranched alkanes of at least 4 members (excludes halogenated alkanes) is 1. The van der Waals surface area contributed by atoms with Gasteiger partial charge >= 0.3 is 0 Å². The van der Waals surface area contributed by atoms with Crippen LogP contribution in [-0.2, 0) is 9.53 Å². The highest BCUT2D eigenvalue weighted by Gasteiger charge is 1.92. The maximum absolute atomic E-state index is 10.5. The molecule has 0 aliphatic rings. The molecule has 0 saturated heterocycles. The molecule has 0 fully saturated rings. The molecule has 0 atom stereocenters. The number of carbonyl (C=O) groups is 1. The van der Waals surface area contributed by atoms with Gasteiger partial charge in [-0.1, -0.05) is 6.08 Å². The predicted molar refractivity (Wildman–Crippen MR) is 45.5 cm³/mol. The standard InChI is InChI=1S/C9H16O2/c1-3-7-11-8-5-4-6-9(2)10/h3H,1,4-8H2,2H3. The molecule has 11 heavy (non-hydrogen) atoms. The van der Waals surface area contributed by atoms with Crippen molar-refractivity contribution in [3.8, 4) is 0 Å². The number of rotatable bonds is 7. The lowest BCUT2D eigenvalue weighted by Gasteiger charge is -1.98. The van der Waals surface area contributed by atoms with Gasteiger partial charge in [0.15, 0.2) is 0 Å². The zero-order valence-electron chi connectivity index (χ0n) is 7.14. The predicted octanol–water partition coefficient (Wildman–Crippen LogP) is 1.95. The molecule has 0 spiro atoms. The van der Waals surface area contributed by atoms with E-state index in [0.29, 0.717) is 13.0 Å². The first kappa shape index (κ1) is 10.4. The molecule has 0 N–H and O–H groups in total. The third-order valence-corrected chi connectivity index (χ3v) is 1.30. The van der Waals surface area contributed by atoms with Crippen LogP contribution >= 0.6 is 0 Å². The van der Waals surface area contributed by atoms with Crippen LogP contribution in [0.15, 0.2) is 12.7 Å². The number of ether oxygens (including phenoxy) is 1. The molecule has 0 amide bonds. The van der Waals surface area contributed by atoms with Gasteiger partial charge in [0, 0.05) is 13.0 Å². The van der Waals surface area contributed by atoms with Gasteiger partial charge in [-0.2, -0.15) is 0 Å². The fourth-order valence-corrected chi connectivity index (χ4v) is 0.745. The molecular formula is C9H16O2. The van der Waals surface area contributed by atoms with Gasteiger partial charge in [-0.3, -0.25) is 0 Å². The number of carbonyl (C=O) groups excluding carboxylic acids is 1. The first-order valence-corrected chi connectivity index (χ1v) is 3.95. The number of hydrogen-bond donors (Lipinski definition) is 0. The van der Waals surface area contributed by atoms with Crippen molar-refractivity contribution in [2.45, 2.75) is 26.2 Å². The molecule has 0 rings (SSSR count). The summed E-state index contributed by atoms with van der Waals surface area (Å²) in [4.78, 5) is 10.5. The molecule has 0 radical (unpaired) electrons. The maximum atomic E-state index is 10.5. The number of hydrogen-bond acceptors (Lipinski definition) is 2.